The van der Waals surface area contributed by atoms with Crippen LogP contribution in [0.3, 0.4) is 0 Å². The zero-order chi connectivity index (χ0) is 13.5. The molecule has 0 bridgehead atoms. The number of nitrogens with zero attached hydrogens (tertiary/aromatic N) is 2. The van der Waals surface area contributed by atoms with Crippen molar-refractivity contribution in [2.75, 3.05) is 6.61 Å². The molecule has 7 heteroatoms. The summed E-state index contributed by atoms with van der Waals surface area (Å²) < 4.78 is 41.7. The van der Waals surface area contributed by atoms with Gasteiger partial charge >= 0.3 is 12.1 Å². The van der Waals surface area contributed by atoms with Gasteiger partial charge in [0.05, 0.1) is 6.42 Å². The van der Waals surface area contributed by atoms with Gasteiger partial charge in [-0.3, -0.25) is 4.79 Å². The maximum atomic E-state index is 12.4. The minimum absolute atomic E-state index is 0.139. The number of hydrogen-bond acceptors (Lipinski definition) is 4. The second-order valence-electron chi connectivity index (χ2n) is 3.24. The largest absolute Gasteiger partial charge is 0.461 e. The summed E-state index contributed by atoms with van der Waals surface area (Å²) in [5.74, 6) is -1.02. The van der Waals surface area contributed by atoms with Crippen LogP contribution < -0.4 is 0 Å². The number of carbonyl (C=O) groups is 1. The Morgan fingerprint density at radius 2 is 1.94 bits per heavy atom. The second-order valence-corrected chi connectivity index (χ2v) is 3.24. The third kappa shape index (κ3) is 7.26. The van der Waals surface area contributed by atoms with Gasteiger partial charge in [-0.25, -0.2) is 0 Å². The number of hydrogen-bond donors (Lipinski definition) is 0. The Bertz CT molecular complexity index is 342. The minimum atomic E-state index is -4.70. The molecule has 0 fully saturated rings. The Kier molecular flexibility index (Phi) is 6.16. The number of ether oxygens (including phenoxy) is 1. The zero-order valence-corrected chi connectivity index (χ0v) is 9.54. The van der Waals surface area contributed by atoms with Crippen molar-refractivity contribution in [1.82, 2.24) is 0 Å². The normalized spacial score (nSPS) is 11.9. The quantitative estimate of drug-likeness (QED) is 0.326. The van der Waals surface area contributed by atoms with Gasteiger partial charge in [0, 0.05) is 5.71 Å². The lowest BCUT2D eigenvalue weighted by molar-refractivity contribution is -0.141. The molecule has 0 aromatic heterocycles. The molecule has 0 aromatic carbocycles. The van der Waals surface area contributed by atoms with Crippen molar-refractivity contribution >= 4 is 17.4 Å². The molecule has 0 amide bonds. The molecule has 0 rings (SSSR count). The van der Waals surface area contributed by atoms with Crippen LogP contribution >= 0.6 is 0 Å². The predicted molar refractivity (Wildman–Crippen MR) is 58.0 cm³/mol. The van der Waals surface area contributed by atoms with Gasteiger partial charge in [-0.15, -0.1) is 0 Å². The first-order valence-corrected chi connectivity index (χ1v) is 4.68. The van der Waals surface area contributed by atoms with Crippen molar-refractivity contribution < 1.29 is 22.7 Å². The second kappa shape index (κ2) is 6.82. The van der Waals surface area contributed by atoms with Crippen molar-refractivity contribution in [3.05, 3.63) is 12.7 Å². The number of halogens is 3. The summed E-state index contributed by atoms with van der Waals surface area (Å²) in [6.45, 7) is 6.12. The maximum absolute atomic E-state index is 12.4. The lowest BCUT2D eigenvalue weighted by atomic mass is 10.2. The van der Waals surface area contributed by atoms with Crippen molar-refractivity contribution in [2.45, 2.75) is 26.4 Å². The molecule has 0 unspecified atom stereocenters. The summed E-state index contributed by atoms with van der Waals surface area (Å²) in [5, 5.41) is 6.28. The van der Waals surface area contributed by atoms with Gasteiger partial charge in [0.25, 0.3) is 0 Å². The van der Waals surface area contributed by atoms with E-state index in [1.165, 1.54) is 19.9 Å². The van der Waals surface area contributed by atoms with Crippen molar-refractivity contribution in [2.24, 2.45) is 10.2 Å². The molecule has 0 atom stereocenters. The molecule has 0 saturated heterocycles. The smallest absolute Gasteiger partial charge is 0.431 e. The van der Waals surface area contributed by atoms with Gasteiger partial charge in [0.2, 0.25) is 0 Å². The molecule has 0 aliphatic heterocycles. The third-order valence-electron chi connectivity index (χ3n) is 1.37. The van der Waals surface area contributed by atoms with Crippen LogP contribution in [-0.2, 0) is 9.53 Å². The molecular weight excluding hydrogens is 237 g/mol. The third-order valence-corrected chi connectivity index (χ3v) is 1.37. The molecule has 0 N–H and O–H groups in total. The fraction of sp³-hybridized carbons (Fsp3) is 0.500. The zero-order valence-electron chi connectivity index (χ0n) is 9.54. The summed E-state index contributed by atoms with van der Waals surface area (Å²) in [6.07, 6.45) is -4.41. The molecule has 4 nitrogen and oxygen atoms in total. The van der Waals surface area contributed by atoms with Crippen LogP contribution in [0, 0.1) is 0 Å². The Morgan fingerprint density at radius 1 is 1.35 bits per heavy atom. The number of alkyl halides is 3. The van der Waals surface area contributed by atoms with Crippen LogP contribution in [0.1, 0.15) is 20.3 Å². The summed E-state index contributed by atoms with van der Waals surface area (Å²) in [6, 6.07) is 0. The summed E-state index contributed by atoms with van der Waals surface area (Å²) in [4.78, 5) is 11.0. The van der Waals surface area contributed by atoms with Gasteiger partial charge in [-0.2, -0.15) is 23.4 Å². The van der Waals surface area contributed by atoms with Gasteiger partial charge in [0.1, 0.15) is 6.61 Å². The van der Waals surface area contributed by atoms with Crippen molar-refractivity contribution in [3.8, 4) is 0 Å². The number of carbonyl (C=O) groups excluding carboxylic acids is 1. The maximum Gasteiger partial charge on any atom is 0.431 e. The Morgan fingerprint density at radius 3 is 2.35 bits per heavy atom. The molecule has 0 aromatic rings. The first-order chi connectivity index (χ1) is 7.77. The SMILES string of the molecule is C=CCOC(=O)CC(=NN=C(C)C)C(F)(F)F. The molecule has 0 aliphatic carbocycles. The first-order valence-electron chi connectivity index (χ1n) is 4.68. The summed E-state index contributed by atoms with van der Waals surface area (Å²) in [5.41, 5.74) is -0.932. The van der Waals surface area contributed by atoms with Crippen molar-refractivity contribution in [3.63, 3.8) is 0 Å². The minimum Gasteiger partial charge on any atom is -0.461 e. The van der Waals surface area contributed by atoms with Crippen LogP contribution in [0.4, 0.5) is 13.2 Å². The molecule has 0 radical (unpaired) electrons. The molecule has 0 spiro atoms. The van der Waals surface area contributed by atoms with Crippen LogP contribution in [0.5, 0.6) is 0 Å². The lowest BCUT2D eigenvalue weighted by Crippen LogP contribution is -2.26. The Labute approximate surface area is 96.9 Å². The fourth-order valence-electron chi connectivity index (χ4n) is 0.692. The summed E-state index contributed by atoms with van der Waals surface area (Å²) >= 11 is 0. The van der Waals surface area contributed by atoms with E-state index in [2.05, 4.69) is 21.5 Å². The molecule has 96 valence electrons. The molecular formula is C10H13F3N2O2. The summed E-state index contributed by atoms with van der Waals surface area (Å²) in [7, 11) is 0. The first kappa shape index (κ1) is 15.3. The molecule has 0 saturated carbocycles. The highest BCUT2D eigenvalue weighted by Crippen LogP contribution is 2.20. The van der Waals surface area contributed by atoms with E-state index in [1.807, 2.05) is 0 Å². The highest BCUT2D eigenvalue weighted by atomic mass is 19.4. The van der Waals surface area contributed by atoms with E-state index in [9.17, 15) is 18.0 Å². The van der Waals surface area contributed by atoms with E-state index < -0.39 is 24.3 Å². The van der Waals surface area contributed by atoms with Crippen LogP contribution in [0.2, 0.25) is 0 Å². The standard InChI is InChI=1S/C10H13F3N2O2/c1-4-5-17-9(16)6-8(10(11,12)13)15-14-7(2)3/h4H,1,5-6H2,2-3H3. The van der Waals surface area contributed by atoms with Crippen molar-refractivity contribution in [1.29, 1.82) is 0 Å². The van der Waals surface area contributed by atoms with E-state index in [-0.39, 0.29) is 6.61 Å². The average molecular weight is 250 g/mol. The average Bonchev–Trinajstić information content (AvgIpc) is 2.19. The van der Waals surface area contributed by atoms with Gasteiger partial charge in [-0.1, -0.05) is 12.7 Å². The topological polar surface area (TPSA) is 51.0 Å². The van der Waals surface area contributed by atoms with Gasteiger partial charge in [0.15, 0.2) is 5.71 Å². The van der Waals surface area contributed by atoms with Gasteiger partial charge < -0.3 is 4.74 Å². The monoisotopic (exact) mass is 250 g/mol. The highest BCUT2D eigenvalue weighted by Gasteiger charge is 2.37. The molecule has 0 heterocycles. The highest BCUT2D eigenvalue weighted by molar-refractivity contribution is 6.02. The fourth-order valence-corrected chi connectivity index (χ4v) is 0.692. The van der Waals surface area contributed by atoms with Crippen LogP contribution in [-0.4, -0.2) is 30.2 Å². The van der Waals surface area contributed by atoms with E-state index in [1.54, 1.807) is 0 Å². The number of esters is 1. The Balaban J connectivity index is 4.73. The Hall–Kier alpha value is -1.66. The lowest BCUT2D eigenvalue weighted by Gasteiger charge is -2.08. The van der Waals surface area contributed by atoms with E-state index in [4.69, 9.17) is 0 Å². The van der Waals surface area contributed by atoms with Crippen LogP contribution in [0.25, 0.3) is 0 Å². The van der Waals surface area contributed by atoms with E-state index >= 15 is 0 Å². The predicted octanol–water partition coefficient (Wildman–Crippen LogP) is 2.50. The van der Waals surface area contributed by atoms with E-state index in [0.717, 1.165) is 0 Å². The molecule has 0 aliphatic rings. The van der Waals surface area contributed by atoms with E-state index in [0.29, 0.717) is 5.71 Å². The molecule has 17 heavy (non-hydrogen) atoms. The van der Waals surface area contributed by atoms with Crippen LogP contribution in [0.15, 0.2) is 22.9 Å². The van der Waals surface area contributed by atoms with Gasteiger partial charge in [-0.05, 0) is 13.8 Å². The number of rotatable bonds is 5.